The first-order valence-corrected chi connectivity index (χ1v) is 5.60. The summed E-state index contributed by atoms with van der Waals surface area (Å²) >= 11 is 5.90. The van der Waals surface area contributed by atoms with Crippen molar-refractivity contribution in [3.63, 3.8) is 0 Å². The molecule has 0 amide bonds. The van der Waals surface area contributed by atoms with E-state index in [1.807, 2.05) is 0 Å². The van der Waals surface area contributed by atoms with Gasteiger partial charge in [-0.3, -0.25) is 4.79 Å². The standard InChI is InChI=1S/C12H8ClF3N2O/c1-6-2-3-7(4-8(6)13)9-5-10(19)18-11(17-9)12(14,15)16/h2-5H,1H3,(H,17,18,19). The van der Waals surface area contributed by atoms with Crippen molar-refractivity contribution >= 4 is 11.6 Å². The van der Waals surface area contributed by atoms with E-state index in [1.54, 1.807) is 24.0 Å². The van der Waals surface area contributed by atoms with Crippen molar-refractivity contribution in [1.82, 2.24) is 9.97 Å². The number of benzene rings is 1. The molecular formula is C12H8ClF3N2O. The summed E-state index contributed by atoms with van der Waals surface area (Å²) in [5.41, 5.74) is 0.200. The van der Waals surface area contributed by atoms with Crippen LogP contribution < -0.4 is 5.56 Å². The third-order valence-corrected chi connectivity index (χ3v) is 2.88. The maximum atomic E-state index is 12.5. The number of hydrogen-bond donors (Lipinski definition) is 1. The van der Waals surface area contributed by atoms with Crippen LogP contribution in [0.4, 0.5) is 13.2 Å². The molecule has 0 atom stereocenters. The first-order valence-electron chi connectivity index (χ1n) is 5.22. The van der Waals surface area contributed by atoms with Crippen molar-refractivity contribution in [1.29, 1.82) is 0 Å². The SMILES string of the molecule is Cc1ccc(-c2cc(=O)[nH]c(C(F)(F)F)n2)cc1Cl. The molecule has 1 heterocycles. The van der Waals surface area contributed by atoms with Gasteiger partial charge in [-0.15, -0.1) is 0 Å². The Morgan fingerprint density at radius 3 is 2.53 bits per heavy atom. The molecule has 19 heavy (non-hydrogen) atoms. The second-order valence-electron chi connectivity index (χ2n) is 3.94. The number of rotatable bonds is 1. The van der Waals surface area contributed by atoms with Gasteiger partial charge in [0.2, 0.25) is 5.82 Å². The Labute approximate surface area is 111 Å². The topological polar surface area (TPSA) is 45.8 Å². The second-order valence-corrected chi connectivity index (χ2v) is 4.35. The number of aromatic amines is 1. The lowest BCUT2D eigenvalue weighted by atomic mass is 10.1. The summed E-state index contributed by atoms with van der Waals surface area (Å²) in [7, 11) is 0. The summed E-state index contributed by atoms with van der Waals surface area (Å²) in [6, 6.07) is 5.67. The number of aromatic nitrogens is 2. The number of aryl methyl sites for hydroxylation is 1. The van der Waals surface area contributed by atoms with E-state index in [2.05, 4.69) is 4.98 Å². The summed E-state index contributed by atoms with van der Waals surface area (Å²) in [6.07, 6.45) is -4.70. The van der Waals surface area contributed by atoms with Crippen LogP contribution in [-0.2, 0) is 6.18 Å². The van der Waals surface area contributed by atoms with Crippen LogP contribution in [0.15, 0.2) is 29.1 Å². The van der Waals surface area contributed by atoms with Gasteiger partial charge in [0.1, 0.15) is 0 Å². The van der Waals surface area contributed by atoms with Crippen molar-refractivity contribution in [3.8, 4) is 11.3 Å². The van der Waals surface area contributed by atoms with Crippen LogP contribution in [0, 0.1) is 6.92 Å². The monoisotopic (exact) mass is 288 g/mol. The maximum Gasteiger partial charge on any atom is 0.449 e. The Hall–Kier alpha value is -1.82. The summed E-state index contributed by atoms with van der Waals surface area (Å²) in [5, 5.41) is 0.396. The van der Waals surface area contributed by atoms with Gasteiger partial charge in [-0.1, -0.05) is 23.7 Å². The molecule has 1 aromatic heterocycles. The van der Waals surface area contributed by atoms with Crippen LogP contribution in [0.3, 0.4) is 0 Å². The van der Waals surface area contributed by atoms with E-state index >= 15 is 0 Å². The van der Waals surface area contributed by atoms with Crippen LogP contribution in [0.5, 0.6) is 0 Å². The zero-order valence-corrected chi connectivity index (χ0v) is 10.4. The highest BCUT2D eigenvalue weighted by molar-refractivity contribution is 6.31. The van der Waals surface area contributed by atoms with Crippen molar-refractivity contribution in [2.24, 2.45) is 0 Å². The molecule has 0 radical (unpaired) electrons. The van der Waals surface area contributed by atoms with Gasteiger partial charge >= 0.3 is 6.18 Å². The number of nitrogens with one attached hydrogen (secondary N) is 1. The molecule has 7 heteroatoms. The van der Waals surface area contributed by atoms with Gasteiger partial charge < -0.3 is 4.98 Å². The van der Waals surface area contributed by atoms with Gasteiger partial charge in [-0.05, 0) is 18.6 Å². The molecule has 0 aliphatic heterocycles. The smallest absolute Gasteiger partial charge is 0.303 e. The number of halogens is 4. The molecule has 0 unspecified atom stereocenters. The van der Waals surface area contributed by atoms with Gasteiger partial charge in [0, 0.05) is 16.7 Å². The van der Waals surface area contributed by atoms with Crippen LogP contribution in [0.2, 0.25) is 5.02 Å². The van der Waals surface area contributed by atoms with Gasteiger partial charge in [0.05, 0.1) is 5.69 Å². The number of nitrogens with zero attached hydrogens (tertiary/aromatic N) is 1. The molecule has 0 saturated carbocycles. The first-order chi connectivity index (χ1) is 8.77. The summed E-state index contributed by atoms with van der Waals surface area (Å²) < 4.78 is 37.6. The second kappa shape index (κ2) is 4.70. The number of alkyl halides is 3. The quantitative estimate of drug-likeness (QED) is 0.874. The van der Waals surface area contributed by atoms with Crippen molar-refractivity contribution in [2.75, 3.05) is 0 Å². The van der Waals surface area contributed by atoms with E-state index in [4.69, 9.17) is 11.6 Å². The lowest BCUT2D eigenvalue weighted by Gasteiger charge is -2.08. The minimum Gasteiger partial charge on any atom is -0.303 e. The molecule has 0 saturated heterocycles. The van der Waals surface area contributed by atoms with E-state index in [0.29, 0.717) is 10.6 Å². The Bertz CT molecular complexity index is 679. The summed E-state index contributed by atoms with van der Waals surface area (Å²) in [6.45, 7) is 1.76. The lowest BCUT2D eigenvalue weighted by Crippen LogP contribution is -2.18. The van der Waals surface area contributed by atoms with Crippen molar-refractivity contribution < 1.29 is 13.2 Å². The lowest BCUT2D eigenvalue weighted by molar-refractivity contribution is -0.145. The largest absolute Gasteiger partial charge is 0.449 e. The van der Waals surface area contributed by atoms with E-state index in [1.165, 1.54) is 6.07 Å². The minimum absolute atomic E-state index is 0.0713. The van der Waals surface area contributed by atoms with Crippen molar-refractivity contribution in [3.05, 3.63) is 51.0 Å². The summed E-state index contributed by atoms with van der Waals surface area (Å²) in [5.74, 6) is -1.33. The predicted octanol–water partition coefficient (Wildman–Crippen LogP) is 3.42. The molecule has 100 valence electrons. The van der Waals surface area contributed by atoms with Crippen LogP contribution >= 0.6 is 11.6 Å². The van der Waals surface area contributed by atoms with Crippen LogP contribution in [-0.4, -0.2) is 9.97 Å². The average molecular weight is 289 g/mol. The van der Waals surface area contributed by atoms with Crippen LogP contribution in [0.1, 0.15) is 11.4 Å². The van der Waals surface area contributed by atoms with Gasteiger partial charge in [0.25, 0.3) is 5.56 Å². The van der Waals surface area contributed by atoms with Crippen molar-refractivity contribution in [2.45, 2.75) is 13.1 Å². The Morgan fingerprint density at radius 2 is 1.95 bits per heavy atom. The Balaban J connectivity index is 2.59. The van der Waals surface area contributed by atoms with Crippen LogP contribution in [0.25, 0.3) is 11.3 Å². The Kier molecular flexibility index (Phi) is 3.36. The molecule has 2 rings (SSSR count). The zero-order valence-electron chi connectivity index (χ0n) is 9.68. The molecule has 0 bridgehead atoms. The zero-order chi connectivity index (χ0) is 14.2. The molecule has 2 aromatic rings. The van der Waals surface area contributed by atoms with E-state index in [-0.39, 0.29) is 5.69 Å². The van der Waals surface area contributed by atoms with E-state index in [9.17, 15) is 18.0 Å². The first kappa shape index (κ1) is 13.6. The molecule has 0 aliphatic carbocycles. The fraction of sp³-hybridized carbons (Fsp3) is 0.167. The highest BCUT2D eigenvalue weighted by atomic mass is 35.5. The van der Waals surface area contributed by atoms with Gasteiger partial charge in [0.15, 0.2) is 0 Å². The summed E-state index contributed by atoms with van der Waals surface area (Å²) in [4.78, 5) is 16.3. The molecule has 0 fully saturated rings. The number of H-pyrrole nitrogens is 1. The molecule has 1 N–H and O–H groups in total. The number of hydrogen-bond acceptors (Lipinski definition) is 2. The third-order valence-electron chi connectivity index (χ3n) is 2.48. The fourth-order valence-corrected chi connectivity index (χ4v) is 1.67. The molecule has 1 aromatic carbocycles. The average Bonchev–Trinajstić information content (AvgIpc) is 2.31. The van der Waals surface area contributed by atoms with E-state index in [0.717, 1.165) is 11.6 Å². The minimum atomic E-state index is -4.70. The van der Waals surface area contributed by atoms with Gasteiger partial charge in [-0.2, -0.15) is 13.2 Å². The molecule has 0 spiro atoms. The van der Waals surface area contributed by atoms with Gasteiger partial charge in [-0.25, -0.2) is 4.98 Å². The molecule has 3 nitrogen and oxygen atoms in total. The molecule has 0 aliphatic rings. The third kappa shape index (κ3) is 2.96. The fourth-order valence-electron chi connectivity index (χ4n) is 1.49. The molecular weight excluding hydrogens is 281 g/mol. The Morgan fingerprint density at radius 1 is 1.26 bits per heavy atom. The highest BCUT2D eigenvalue weighted by Gasteiger charge is 2.34. The normalized spacial score (nSPS) is 11.6. The predicted molar refractivity (Wildman–Crippen MR) is 65.0 cm³/mol. The van der Waals surface area contributed by atoms with E-state index < -0.39 is 17.6 Å². The maximum absolute atomic E-state index is 12.5. The highest BCUT2D eigenvalue weighted by Crippen LogP contribution is 2.28.